The lowest BCUT2D eigenvalue weighted by atomic mass is 9.78. The van der Waals surface area contributed by atoms with E-state index in [1.54, 1.807) is 0 Å². The first kappa shape index (κ1) is 25.7. The van der Waals surface area contributed by atoms with Crippen LogP contribution in [0.4, 0.5) is 0 Å². The number of unbranched alkanes of at least 4 members (excludes halogenated alkanes) is 5. The van der Waals surface area contributed by atoms with Gasteiger partial charge in [0.1, 0.15) is 5.75 Å². The lowest BCUT2D eigenvalue weighted by Gasteiger charge is -2.28. The van der Waals surface area contributed by atoms with Crippen molar-refractivity contribution >= 4 is 0 Å². The van der Waals surface area contributed by atoms with Crippen molar-refractivity contribution in [1.82, 2.24) is 9.97 Å². The molecular weight excluding hydrogens is 404 g/mol. The number of hydrogen-bond acceptors (Lipinski definition) is 3. The molecule has 1 heterocycles. The first-order valence-electron chi connectivity index (χ1n) is 13.8. The first-order valence-corrected chi connectivity index (χ1v) is 13.8. The monoisotopic (exact) mass is 450 g/mol. The summed E-state index contributed by atoms with van der Waals surface area (Å²) in [4.78, 5) is 9.08. The van der Waals surface area contributed by atoms with Crippen molar-refractivity contribution in [2.24, 2.45) is 11.8 Å². The van der Waals surface area contributed by atoms with Gasteiger partial charge in [-0.15, -0.1) is 0 Å². The molecule has 1 aliphatic carbocycles. The normalized spacial score (nSPS) is 18.4. The van der Waals surface area contributed by atoms with Crippen molar-refractivity contribution in [3.8, 4) is 17.1 Å². The van der Waals surface area contributed by atoms with Gasteiger partial charge in [-0.25, -0.2) is 9.97 Å². The molecule has 0 spiro atoms. The van der Waals surface area contributed by atoms with E-state index in [-0.39, 0.29) is 0 Å². The highest BCUT2D eigenvalue weighted by Crippen LogP contribution is 2.34. The topological polar surface area (TPSA) is 35.0 Å². The molecule has 33 heavy (non-hydrogen) atoms. The predicted molar refractivity (Wildman–Crippen MR) is 140 cm³/mol. The zero-order valence-corrected chi connectivity index (χ0v) is 21.2. The van der Waals surface area contributed by atoms with E-state index in [1.165, 1.54) is 89.0 Å². The number of aromatic nitrogens is 2. The van der Waals surface area contributed by atoms with E-state index >= 15 is 0 Å². The van der Waals surface area contributed by atoms with Gasteiger partial charge in [0.25, 0.3) is 0 Å². The van der Waals surface area contributed by atoms with Crippen LogP contribution >= 0.6 is 0 Å². The Morgan fingerprint density at radius 2 is 1.33 bits per heavy atom. The van der Waals surface area contributed by atoms with Crippen molar-refractivity contribution in [1.29, 1.82) is 0 Å². The fourth-order valence-electron chi connectivity index (χ4n) is 5.12. The fraction of sp³-hybridized carbons (Fsp3) is 0.667. The smallest absolute Gasteiger partial charge is 0.159 e. The number of nitrogens with zero attached hydrogens (tertiary/aromatic N) is 2. The van der Waals surface area contributed by atoms with E-state index in [0.29, 0.717) is 0 Å². The third kappa shape index (κ3) is 9.47. The highest BCUT2D eigenvalue weighted by Gasteiger charge is 2.20. The summed E-state index contributed by atoms with van der Waals surface area (Å²) in [5.41, 5.74) is 2.27. The van der Waals surface area contributed by atoms with Gasteiger partial charge in [-0.1, -0.05) is 84.5 Å². The molecule has 3 rings (SSSR count). The second-order valence-corrected chi connectivity index (χ2v) is 10.1. The van der Waals surface area contributed by atoms with E-state index in [2.05, 4.69) is 48.1 Å². The second-order valence-electron chi connectivity index (χ2n) is 10.1. The summed E-state index contributed by atoms with van der Waals surface area (Å²) in [5, 5.41) is 0. The van der Waals surface area contributed by atoms with Gasteiger partial charge in [0, 0.05) is 18.0 Å². The molecule has 1 aliphatic rings. The minimum Gasteiger partial charge on any atom is -0.494 e. The van der Waals surface area contributed by atoms with E-state index < -0.39 is 0 Å². The SMILES string of the molecule is CCCCCCC[C@H]1CC[C@H](CCCOc2ccc(-c3ncc(CCCC)cn3)cc2)CC1. The van der Waals surface area contributed by atoms with Crippen molar-refractivity contribution in [2.75, 3.05) is 6.61 Å². The van der Waals surface area contributed by atoms with Gasteiger partial charge >= 0.3 is 0 Å². The minimum absolute atomic E-state index is 0.790. The van der Waals surface area contributed by atoms with E-state index in [4.69, 9.17) is 4.74 Å². The maximum atomic E-state index is 6.02. The quantitative estimate of drug-likeness (QED) is 0.254. The molecule has 1 saturated carbocycles. The molecule has 0 atom stereocenters. The molecule has 3 nitrogen and oxygen atoms in total. The number of aryl methyl sites for hydroxylation is 1. The molecule has 2 aromatic rings. The molecule has 0 N–H and O–H groups in total. The van der Waals surface area contributed by atoms with Crippen LogP contribution in [0.3, 0.4) is 0 Å². The zero-order chi connectivity index (χ0) is 23.1. The summed E-state index contributed by atoms with van der Waals surface area (Å²) < 4.78 is 6.02. The number of ether oxygens (including phenoxy) is 1. The molecule has 182 valence electrons. The lowest BCUT2D eigenvalue weighted by Crippen LogP contribution is -2.15. The Balaban J connectivity index is 1.28. The molecule has 0 amide bonds. The highest BCUT2D eigenvalue weighted by molar-refractivity contribution is 5.55. The molecule has 0 aliphatic heterocycles. The second kappa shape index (κ2) is 15.1. The molecule has 1 aromatic heterocycles. The Labute approximate surface area is 202 Å². The Morgan fingerprint density at radius 1 is 0.727 bits per heavy atom. The molecule has 1 fully saturated rings. The van der Waals surface area contributed by atoms with Crippen LogP contribution in [0.1, 0.15) is 109 Å². The van der Waals surface area contributed by atoms with Crippen LogP contribution in [0.2, 0.25) is 0 Å². The maximum absolute atomic E-state index is 6.02. The summed E-state index contributed by atoms with van der Waals surface area (Å²) in [5.74, 6) is 3.67. The largest absolute Gasteiger partial charge is 0.494 e. The first-order chi connectivity index (χ1) is 16.3. The van der Waals surface area contributed by atoms with Crippen LogP contribution in [0, 0.1) is 11.8 Å². The van der Waals surface area contributed by atoms with Crippen LogP contribution in [0.5, 0.6) is 5.75 Å². The summed E-state index contributed by atoms with van der Waals surface area (Å²) in [6.07, 6.45) is 24.2. The zero-order valence-electron chi connectivity index (χ0n) is 21.2. The van der Waals surface area contributed by atoms with Gasteiger partial charge in [-0.05, 0) is 67.3 Å². The van der Waals surface area contributed by atoms with Gasteiger partial charge in [-0.3, -0.25) is 0 Å². The van der Waals surface area contributed by atoms with Crippen LogP contribution in [0.25, 0.3) is 11.4 Å². The Kier molecular flexibility index (Phi) is 11.8. The molecule has 0 bridgehead atoms. The average molecular weight is 451 g/mol. The van der Waals surface area contributed by atoms with Gasteiger partial charge in [0.2, 0.25) is 0 Å². The van der Waals surface area contributed by atoms with Crippen molar-refractivity contribution < 1.29 is 4.74 Å². The van der Waals surface area contributed by atoms with Gasteiger partial charge in [-0.2, -0.15) is 0 Å². The molecular formula is C30H46N2O. The molecule has 0 saturated heterocycles. The van der Waals surface area contributed by atoms with E-state index in [1.807, 2.05) is 12.4 Å². The average Bonchev–Trinajstić information content (AvgIpc) is 2.87. The van der Waals surface area contributed by atoms with Crippen molar-refractivity contribution in [3.05, 3.63) is 42.2 Å². The molecule has 1 aromatic carbocycles. The van der Waals surface area contributed by atoms with Gasteiger partial charge in [0.05, 0.1) is 6.61 Å². The third-order valence-corrected chi connectivity index (χ3v) is 7.34. The van der Waals surface area contributed by atoms with Crippen LogP contribution < -0.4 is 4.74 Å². The number of benzene rings is 1. The molecule has 3 heteroatoms. The lowest BCUT2D eigenvalue weighted by molar-refractivity contribution is 0.228. The minimum atomic E-state index is 0.790. The Bertz CT molecular complexity index is 748. The summed E-state index contributed by atoms with van der Waals surface area (Å²) in [6, 6.07) is 8.24. The van der Waals surface area contributed by atoms with Crippen LogP contribution in [-0.4, -0.2) is 16.6 Å². The van der Waals surface area contributed by atoms with E-state index in [9.17, 15) is 0 Å². The third-order valence-electron chi connectivity index (χ3n) is 7.34. The predicted octanol–water partition coefficient (Wildman–Crippen LogP) is 8.81. The fourth-order valence-corrected chi connectivity index (χ4v) is 5.12. The van der Waals surface area contributed by atoms with Crippen molar-refractivity contribution in [2.45, 2.75) is 110 Å². The molecule has 0 radical (unpaired) electrons. The maximum Gasteiger partial charge on any atom is 0.159 e. The van der Waals surface area contributed by atoms with Crippen LogP contribution in [0.15, 0.2) is 36.7 Å². The Hall–Kier alpha value is -1.90. The van der Waals surface area contributed by atoms with Crippen molar-refractivity contribution in [3.63, 3.8) is 0 Å². The molecule has 0 unspecified atom stereocenters. The number of hydrogen-bond donors (Lipinski definition) is 0. The number of rotatable bonds is 15. The standard InChI is InChI=1S/C30H46N2O/c1-3-5-7-8-9-12-25-14-16-26(17-15-25)13-10-22-33-29-20-18-28(19-21-29)30-31-23-27(24-32-30)11-6-4-2/h18-21,23-26H,3-17,22H2,1-2H3/t25-,26-. The Morgan fingerprint density at radius 3 is 1.97 bits per heavy atom. The summed E-state index contributed by atoms with van der Waals surface area (Å²) in [7, 11) is 0. The van der Waals surface area contributed by atoms with Gasteiger partial charge < -0.3 is 4.74 Å². The van der Waals surface area contributed by atoms with Crippen LogP contribution in [-0.2, 0) is 6.42 Å². The van der Waals surface area contributed by atoms with Gasteiger partial charge in [0.15, 0.2) is 5.82 Å². The summed E-state index contributed by atoms with van der Waals surface area (Å²) >= 11 is 0. The summed E-state index contributed by atoms with van der Waals surface area (Å²) in [6.45, 7) is 5.33. The highest BCUT2D eigenvalue weighted by atomic mass is 16.5. The van der Waals surface area contributed by atoms with E-state index in [0.717, 1.165) is 48.4 Å².